The molecule has 0 aliphatic carbocycles. The SMILES string of the molecule is CC(c1ccc(Cl)cc1)c1cc(N)c(C(N)=O)cc1F. The van der Waals surface area contributed by atoms with Crippen LogP contribution >= 0.6 is 11.6 Å². The molecule has 0 radical (unpaired) electrons. The summed E-state index contributed by atoms with van der Waals surface area (Å²) < 4.78 is 14.1. The summed E-state index contributed by atoms with van der Waals surface area (Å²) in [5.74, 6) is -1.46. The molecule has 2 aromatic carbocycles. The largest absolute Gasteiger partial charge is 0.398 e. The number of nitrogens with two attached hydrogens (primary N) is 2. The van der Waals surface area contributed by atoms with Crippen molar-refractivity contribution in [3.05, 3.63) is 63.9 Å². The van der Waals surface area contributed by atoms with Crippen molar-refractivity contribution in [2.45, 2.75) is 12.8 Å². The van der Waals surface area contributed by atoms with Crippen molar-refractivity contribution in [2.24, 2.45) is 5.73 Å². The minimum Gasteiger partial charge on any atom is -0.398 e. The van der Waals surface area contributed by atoms with Gasteiger partial charge in [-0.3, -0.25) is 4.79 Å². The Morgan fingerprint density at radius 2 is 1.85 bits per heavy atom. The number of primary amides is 1. The number of carbonyl (C=O) groups excluding carboxylic acids is 1. The molecule has 1 unspecified atom stereocenters. The van der Waals surface area contributed by atoms with Crippen LogP contribution in [0.4, 0.5) is 10.1 Å². The number of nitrogen functional groups attached to an aromatic ring is 1. The topological polar surface area (TPSA) is 69.1 Å². The van der Waals surface area contributed by atoms with Crippen LogP contribution in [0.1, 0.15) is 34.3 Å². The highest BCUT2D eigenvalue weighted by molar-refractivity contribution is 6.30. The van der Waals surface area contributed by atoms with Crippen LogP contribution < -0.4 is 11.5 Å². The van der Waals surface area contributed by atoms with E-state index in [-0.39, 0.29) is 17.2 Å². The lowest BCUT2D eigenvalue weighted by Crippen LogP contribution is -2.15. The first kappa shape index (κ1) is 14.3. The van der Waals surface area contributed by atoms with E-state index < -0.39 is 11.7 Å². The lowest BCUT2D eigenvalue weighted by molar-refractivity contribution is 0.100. The van der Waals surface area contributed by atoms with Gasteiger partial charge in [0, 0.05) is 16.6 Å². The van der Waals surface area contributed by atoms with Gasteiger partial charge >= 0.3 is 0 Å². The molecule has 4 N–H and O–H groups in total. The average Bonchev–Trinajstić information content (AvgIpc) is 2.40. The first-order valence-electron chi connectivity index (χ1n) is 6.04. The van der Waals surface area contributed by atoms with Crippen LogP contribution in [-0.4, -0.2) is 5.91 Å². The van der Waals surface area contributed by atoms with Crippen molar-refractivity contribution in [2.75, 3.05) is 5.73 Å². The molecule has 3 nitrogen and oxygen atoms in total. The van der Waals surface area contributed by atoms with Crippen molar-refractivity contribution < 1.29 is 9.18 Å². The Morgan fingerprint density at radius 1 is 1.25 bits per heavy atom. The summed E-state index contributed by atoms with van der Waals surface area (Å²) in [4.78, 5) is 11.1. The van der Waals surface area contributed by atoms with Gasteiger partial charge in [0.05, 0.1) is 5.56 Å². The van der Waals surface area contributed by atoms with Gasteiger partial charge in [0.1, 0.15) is 5.82 Å². The van der Waals surface area contributed by atoms with Gasteiger partial charge in [-0.1, -0.05) is 30.7 Å². The molecule has 2 aromatic rings. The highest BCUT2D eigenvalue weighted by atomic mass is 35.5. The molecule has 5 heteroatoms. The van der Waals surface area contributed by atoms with Crippen LogP contribution in [-0.2, 0) is 0 Å². The lowest BCUT2D eigenvalue weighted by Gasteiger charge is -2.15. The quantitative estimate of drug-likeness (QED) is 0.852. The molecular formula is C15H14ClFN2O. The van der Waals surface area contributed by atoms with Crippen LogP contribution in [0.5, 0.6) is 0 Å². The molecule has 0 fully saturated rings. The van der Waals surface area contributed by atoms with E-state index in [9.17, 15) is 9.18 Å². The number of hydrogen-bond donors (Lipinski definition) is 2. The van der Waals surface area contributed by atoms with Crippen LogP contribution in [0, 0.1) is 5.82 Å². The minimum absolute atomic E-state index is 0.00504. The summed E-state index contributed by atoms with van der Waals surface area (Å²) in [5, 5.41) is 0.616. The summed E-state index contributed by atoms with van der Waals surface area (Å²) >= 11 is 5.83. The molecule has 2 rings (SSSR count). The standard InChI is InChI=1S/C15H14ClFN2O/c1-8(9-2-4-10(16)5-3-9)11-7-14(18)12(15(19)20)6-13(11)17/h2-8H,18H2,1H3,(H2,19,20). The second-order valence-electron chi connectivity index (χ2n) is 4.60. The van der Waals surface area contributed by atoms with Crippen molar-refractivity contribution in [1.82, 2.24) is 0 Å². The fourth-order valence-corrected chi connectivity index (χ4v) is 2.21. The molecule has 0 aliphatic rings. The lowest BCUT2D eigenvalue weighted by atomic mass is 9.91. The van der Waals surface area contributed by atoms with E-state index in [0.717, 1.165) is 11.6 Å². The van der Waals surface area contributed by atoms with E-state index in [0.29, 0.717) is 10.6 Å². The Hall–Kier alpha value is -2.07. The fourth-order valence-electron chi connectivity index (χ4n) is 2.08. The third-order valence-corrected chi connectivity index (χ3v) is 3.52. The third kappa shape index (κ3) is 2.75. The van der Waals surface area contributed by atoms with E-state index in [4.69, 9.17) is 23.1 Å². The molecule has 0 bridgehead atoms. The number of anilines is 1. The summed E-state index contributed by atoms with van der Waals surface area (Å²) in [6.07, 6.45) is 0. The average molecular weight is 293 g/mol. The molecular weight excluding hydrogens is 279 g/mol. The molecule has 0 saturated heterocycles. The van der Waals surface area contributed by atoms with Gasteiger partial charge in [-0.2, -0.15) is 0 Å². The predicted molar refractivity (Wildman–Crippen MR) is 78.3 cm³/mol. The highest BCUT2D eigenvalue weighted by Crippen LogP contribution is 2.30. The maximum atomic E-state index is 14.1. The molecule has 1 amide bonds. The minimum atomic E-state index is -0.743. The summed E-state index contributed by atoms with van der Waals surface area (Å²) in [7, 11) is 0. The number of rotatable bonds is 3. The van der Waals surface area contributed by atoms with Gasteiger partial charge in [0.25, 0.3) is 5.91 Å². The van der Waals surface area contributed by atoms with Crippen LogP contribution in [0.15, 0.2) is 36.4 Å². The Labute approximate surface area is 121 Å². The van der Waals surface area contributed by atoms with Gasteiger partial charge in [-0.05, 0) is 35.4 Å². The number of carbonyl (C=O) groups is 1. The van der Waals surface area contributed by atoms with Gasteiger partial charge in [-0.15, -0.1) is 0 Å². The first-order valence-corrected chi connectivity index (χ1v) is 6.42. The van der Waals surface area contributed by atoms with Crippen LogP contribution in [0.25, 0.3) is 0 Å². The number of benzene rings is 2. The van der Waals surface area contributed by atoms with Crippen LogP contribution in [0.2, 0.25) is 5.02 Å². The molecule has 20 heavy (non-hydrogen) atoms. The monoisotopic (exact) mass is 292 g/mol. The van der Waals surface area contributed by atoms with Crippen LogP contribution in [0.3, 0.4) is 0 Å². The molecule has 0 aliphatic heterocycles. The Kier molecular flexibility index (Phi) is 3.95. The predicted octanol–water partition coefficient (Wildman–Crippen LogP) is 3.31. The molecule has 0 saturated carbocycles. The van der Waals surface area contributed by atoms with E-state index in [1.165, 1.54) is 6.07 Å². The molecule has 0 heterocycles. The molecule has 104 valence electrons. The Balaban J connectivity index is 2.45. The fraction of sp³-hybridized carbons (Fsp3) is 0.133. The normalized spacial score (nSPS) is 12.2. The third-order valence-electron chi connectivity index (χ3n) is 3.27. The van der Waals surface area contributed by atoms with E-state index in [1.807, 2.05) is 19.1 Å². The zero-order chi connectivity index (χ0) is 14.9. The Morgan fingerprint density at radius 3 is 2.40 bits per heavy atom. The maximum Gasteiger partial charge on any atom is 0.250 e. The first-order chi connectivity index (χ1) is 9.40. The number of hydrogen-bond acceptors (Lipinski definition) is 2. The van der Waals surface area contributed by atoms with Crippen molar-refractivity contribution in [1.29, 1.82) is 0 Å². The van der Waals surface area contributed by atoms with Crippen molar-refractivity contribution in [3.8, 4) is 0 Å². The molecule has 0 spiro atoms. The summed E-state index contributed by atoms with van der Waals surface area (Å²) in [6, 6.07) is 9.67. The second-order valence-corrected chi connectivity index (χ2v) is 5.03. The van der Waals surface area contributed by atoms with Gasteiger partial charge < -0.3 is 11.5 Å². The number of halogens is 2. The van der Waals surface area contributed by atoms with Crippen molar-refractivity contribution >= 4 is 23.2 Å². The Bertz CT molecular complexity index is 656. The maximum absolute atomic E-state index is 14.1. The summed E-state index contributed by atoms with van der Waals surface area (Å²) in [5.41, 5.74) is 12.4. The van der Waals surface area contributed by atoms with E-state index in [1.54, 1.807) is 12.1 Å². The smallest absolute Gasteiger partial charge is 0.250 e. The molecule has 0 aromatic heterocycles. The summed E-state index contributed by atoms with van der Waals surface area (Å²) in [6.45, 7) is 1.85. The van der Waals surface area contributed by atoms with Gasteiger partial charge in [0.2, 0.25) is 0 Å². The number of amides is 1. The van der Waals surface area contributed by atoms with Gasteiger partial charge in [0.15, 0.2) is 0 Å². The highest BCUT2D eigenvalue weighted by Gasteiger charge is 2.17. The van der Waals surface area contributed by atoms with Crippen molar-refractivity contribution in [3.63, 3.8) is 0 Å². The zero-order valence-electron chi connectivity index (χ0n) is 10.9. The van der Waals surface area contributed by atoms with E-state index >= 15 is 0 Å². The van der Waals surface area contributed by atoms with Gasteiger partial charge in [-0.25, -0.2) is 4.39 Å². The second kappa shape index (κ2) is 5.51. The van der Waals surface area contributed by atoms with E-state index in [2.05, 4.69) is 0 Å². The zero-order valence-corrected chi connectivity index (χ0v) is 11.6. The molecule has 1 atom stereocenters.